The van der Waals surface area contributed by atoms with E-state index in [0.29, 0.717) is 16.7 Å². The molecule has 0 saturated heterocycles. The number of rotatable bonds is 1. The van der Waals surface area contributed by atoms with Gasteiger partial charge in [0.1, 0.15) is 5.75 Å². The molecule has 0 spiro atoms. The van der Waals surface area contributed by atoms with Crippen LogP contribution in [0.2, 0.25) is 0 Å². The molecular formula is C10H7NO3. The number of fused-ring (bicyclic) bond motifs is 1. The largest absolute Gasteiger partial charge is 0.511 e. The Morgan fingerprint density at radius 2 is 2.14 bits per heavy atom. The quantitative estimate of drug-likeness (QED) is 0.552. The Hall–Kier alpha value is -2.10. The predicted molar refractivity (Wildman–Crippen MR) is 50.4 cm³/mol. The maximum Gasteiger partial charge on any atom is 0.511 e. The maximum atomic E-state index is 10.4. The van der Waals surface area contributed by atoms with Crippen LogP contribution in [0.25, 0.3) is 10.9 Å². The molecule has 2 rings (SSSR count). The number of pyridine rings is 1. The third-order valence-electron chi connectivity index (χ3n) is 1.80. The Bertz CT molecular complexity index is 476. The SMILES string of the molecule is O=C(O)Oc1cccc2ncccc12. The van der Waals surface area contributed by atoms with Crippen molar-refractivity contribution >= 4 is 17.1 Å². The van der Waals surface area contributed by atoms with E-state index < -0.39 is 6.16 Å². The lowest BCUT2D eigenvalue weighted by molar-refractivity contribution is 0.145. The summed E-state index contributed by atoms with van der Waals surface area (Å²) >= 11 is 0. The Morgan fingerprint density at radius 3 is 2.93 bits per heavy atom. The number of carboxylic acid groups (broad SMARTS) is 1. The molecular weight excluding hydrogens is 182 g/mol. The van der Waals surface area contributed by atoms with Gasteiger partial charge in [0.05, 0.1) is 5.52 Å². The lowest BCUT2D eigenvalue weighted by atomic mass is 10.2. The number of ether oxygens (including phenoxy) is 1. The summed E-state index contributed by atoms with van der Waals surface area (Å²) in [7, 11) is 0. The topological polar surface area (TPSA) is 59.4 Å². The van der Waals surface area contributed by atoms with Crippen molar-refractivity contribution in [3.8, 4) is 5.75 Å². The van der Waals surface area contributed by atoms with Gasteiger partial charge in [-0.1, -0.05) is 6.07 Å². The van der Waals surface area contributed by atoms with Gasteiger partial charge in [0.25, 0.3) is 0 Å². The van der Waals surface area contributed by atoms with Gasteiger partial charge >= 0.3 is 6.16 Å². The van der Waals surface area contributed by atoms with Crippen molar-refractivity contribution in [2.75, 3.05) is 0 Å². The fourth-order valence-electron chi connectivity index (χ4n) is 1.26. The van der Waals surface area contributed by atoms with Gasteiger partial charge in [-0.2, -0.15) is 0 Å². The van der Waals surface area contributed by atoms with Gasteiger partial charge in [0.15, 0.2) is 0 Å². The number of nitrogens with zero attached hydrogens (tertiary/aromatic N) is 1. The van der Waals surface area contributed by atoms with Gasteiger partial charge in [-0.3, -0.25) is 4.98 Å². The molecule has 0 atom stereocenters. The standard InChI is InChI=1S/C10H7NO3/c12-10(13)14-9-5-1-4-8-7(9)3-2-6-11-8/h1-6H,(H,12,13). The van der Waals surface area contributed by atoms with E-state index in [-0.39, 0.29) is 0 Å². The molecule has 0 aliphatic heterocycles. The molecule has 0 aliphatic rings. The molecule has 14 heavy (non-hydrogen) atoms. The molecule has 0 unspecified atom stereocenters. The Balaban J connectivity index is 2.59. The molecule has 0 amide bonds. The zero-order valence-corrected chi connectivity index (χ0v) is 7.18. The highest BCUT2D eigenvalue weighted by atomic mass is 16.7. The predicted octanol–water partition coefficient (Wildman–Crippen LogP) is 2.29. The first-order valence-corrected chi connectivity index (χ1v) is 4.02. The van der Waals surface area contributed by atoms with E-state index in [1.165, 1.54) is 0 Å². The average Bonchev–Trinajstić information content (AvgIpc) is 2.18. The lowest BCUT2D eigenvalue weighted by Crippen LogP contribution is -2.03. The van der Waals surface area contributed by atoms with Crippen LogP contribution in [0.5, 0.6) is 5.75 Å². The van der Waals surface area contributed by atoms with Crippen LogP contribution in [-0.2, 0) is 0 Å². The van der Waals surface area contributed by atoms with Crippen LogP contribution >= 0.6 is 0 Å². The minimum atomic E-state index is -1.32. The van der Waals surface area contributed by atoms with E-state index in [9.17, 15) is 4.79 Å². The van der Waals surface area contributed by atoms with Crippen LogP contribution in [0.15, 0.2) is 36.5 Å². The summed E-state index contributed by atoms with van der Waals surface area (Å²) in [5, 5.41) is 9.18. The third kappa shape index (κ3) is 1.50. The molecule has 1 aromatic heterocycles. The van der Waals surface area contributed by atoms with Crippen LogP contribution in [0, 0.1) is 0 Å². The maximum absolute atomic E-state index is 10.4. The number of hydrogen-bond acceptors (Lipinski definition) is 3. The normalized spacial score (nSPS) is 10.0. The highest BCUT2D eigenvalue weighted by molar-refractivity contribution is 5.86. The summed E-state index contributed by atoms with van der Waals surface area (Å²) in [5.74, 6) is 0.308. The second-order valence-corrected chi connectivity index (χ2v) is 2.69. The summed E-state index contributed by atoms with van der Waals surface area (Å²) in [4.78, 5) is 14.4. The Kier molecular flexibility index (Phi) is 2.02. The zero-order valence-electron chi connectivity index (χ0n) is 7.18. The molecule has 0 fully saturated rings. The van der Waals surface area contributed by atoms with Gasteiger partial charge in [-0.15, -0.1) is 0 Å². The van der Waals surface area contributed by atoms with Crippen molar-refractivity contribution in [1.82, 2.24) is 4.98 Å². The summed E-state index contributed by atoms with van der Waals surface area (Å²) < 4.78 is 4.60. The Morgan fingerprint density at radius 1 is 1.29 bits per heavy atom. The first-order valence-electron chi connectivity index (χ1n) is 4.02. The van der Waals surface area contributed by atoms with Crippen molar-refractivity contribution in [2.45, 2.75) is 0 Å². The van der Waals surface area contributed by atoms with Crippen LogP contribution < -0.4 is 4.74 Å². The fraction of sp³-hybridized carbons (Fsp3) is 0. The molecule has 1 N–H and O–H groups in total. The van der Waals surface area contributed by atoms with Crippen molar-refractivity contribution < 1.29 is 14.6 Å². The fourth-order valence-corrected chi connectivity index (χ4v) is 1.26. The molecule has 4 heteroatoms. The Labute approximate surface area is 79.8 Å². The molecule has 0 bridgehead atoms. The first kappa shape index (κ1) is 8.50. The molecule has 1 heterocycles. The second kappa shape index (κ2) is 3.33. The lowest BCUT2D eigenvalue weighted by Gasteiger charge is -2.02. The van der Waals surface area contributed by atoms with Gasteiger partial charge in [0.2, 0.25) is 0 Å². The monoisotopic (exact) mass is 189 g/mol. The van der Waals surface area contributed by atoms with E-state index in [1.54, 1.807) is 36.5 Å². The minimum Gasteiger partial charge on any atom is -0.449 e. The van der Waals surface area contributed by atoms with Crippen molar-refractivity contribution in [3.05, 3.63) is 36.5 Å². The van der Waals surface area contributed by atoms with E-state index in [0.717, 1.165) is 0 Å². The van der Waals surface area contributed by atoms with Crippen molar-refractivity contribution in [3.63, 3.8) is 0 Å². The first-order chi connectivity index (χ1) is 6.77. The molecule has 2 aromatic rings. The van der Waals surface area contributed by atoms with E-state index in [2.05, 4.69) is 9.72 Å². The molecule has 0 radical (unpaired) electrons. The molecule has 1 aromatic carbocycles. The number of hydrogen-bond donors (Lipinski definition) is 1. The number of benzene rings is 1. The smallest absolute Gasteiger partial charge is 0.449 e. The van der Waals surface area contributed by atoms with Gasteiger partial charge < -0.3 is 9.84 Å². The molecule has 0 aliphatic carbocycles. The summed E-state index contributed by atoms with van der Waals surface area (Å²) in [6, 6.07) is 8.59. The van der Waals surface area contributed by atoms with E-state index in [1.807, 2.05) is 0 Å². The van der Waals surface area contributed by atoms with E-state index >= 15 is 0 Å². The molecule has 0 saturated carbocycles. The molecule has 4 nitrogen and oxygen atoms in total. The second-order valence-electron chi connectivity index (χ2n) is 2.69. The minimum absolute atomic E-state index is 0.308. The number of aromatic nitrogens is 1. The van der Waals surface area contributed by atoms with Gasteiger partial charge in [0, 0.05) is 11.6 Å². The average molecular weight is 189 g/mol. The van der Waals surface area contributed by atoms with Crippen LogP contribution in [0.4, 0.5) is 4.79 Å². The zero-order chi connectivity index (χ0) is 9.97. The third-order valence-corrected chi connectivity index (χ3v) is 1.80. The van der Waals surface area contributed by atoms with Gasteiger partial charge in [-0.25, -0.2) is 4.79 Å². The van der Waals surface area contributed by atoms with Crippen molar-refractivity contribution in [1.29, 1.82) is 0 Å². The summed E-state index contributed by atoms with van der Waals surface area (Å²) in [6.07, 6.45) is 0.328. The van der Waals surface area contributed by atoms with Crippen molar-refractivity contribution in [2.24, 2.45) is 0 Å². The summed E-state index contributed by atoms with van der Waals surface area (Å²) in [6.45, 7) is 0. The highest BCUT2D eigenvalue weighted by Crippen LogP contribution is 2.23. The highest BCUT2D eigenvalue weighted by Gasteiger charge is 2.05. The van der Waals surface area contributed by atoms with E-state index in [4.69, 9.17) is 5.11 Å². The van der Waals surface area contributed by atoms with Crippen LogP contribution in [-0.4, -0.2) is 16.2 Å². The number of carbonyl (C=O) groups is 1. The van der Waals surface area contributed by atoms with Gasteiger partial charge in [-0.05, 0) is 24.3 Å². The molecule has 70 valence electrons. The van der Waals surface area contributed by atoms with Crippen LogP contribution in [0.3, 0.4) is 0 Å². The summed E-state index contributed by atoms with van der Waals surface area (Å²) in [5.41, 5.74) is 0.714. The van der Waals surface area contributed by atoms with Crippen LogP contribution in [0.1, 0.15) is 0 Å².